The molecule has 146 valence electrons. The number of hydrogen-bond acceptors (Lipinski definition) is 7. The molecule has 2 rings (SSSR count). The van der Waals surface area contributed by atoms with Crippen LogP contribution in [0.4, 0.5) is 4.79 Å². The van der Waals surface area contributed by atoms with Gasteiger partial charge in [0, 0.05) is 0 Å². The molecule has 0 aromatic carbocycles. The molecule has 2 fully saturated rings. The number of hydrogen-bond donors (Lipinski definition) is 3. The van der Waals surface area contributed by atoms with Gasteiger partial charge in [0.1, 0.15) is 30.0 Å². The molecule has 0 bridgehead atoms. The quantitative estimate of drug-likeness (QED) is 0.686. The third-order valence-corrected chi connectivity index (χ3v) is 4.28. The van der Waals surface area contributed by atoms with Crippen molar-refractivity contribution >= 4 is 6.09 Å². The van der Waals surface area contributed by atoms with Crippen molar-refractivity contribution in [3.63, 3.8) is 0 Å². The lowest BCUT2D eigenvalue weighted by Crippen LogP contribution is -2.56. The zero-order valence-corrected chi connectivity index (χ0v) is 16.0. The summed E-state index contributed by atoms with van der Waals surface area (Å²) in [5, 5.41) is 23.4. The Hall–Kier alpha value is -0.930. The summed E-state index contributed by atoms with van der Waals surface area (Å²) in [6.45, 7) is 12.4. The van der Waals surface area contributed by atoms with E-state index in [4.69, 9.17) is 18.9 Å². The van der Waals surface area contributed by atoms with Crippen LogP contribution in [-0.2, 0) is 18.9 Å². The number of alkyl carbamates (subject to hydrolysis) is 1. The molecule has 8 heteroatoms. The van der Waals surface area contributed by atoms with E-state index < -0.39 is 53.5 Å². The van der Waals surface area contributed by atoms with Crippen LogP contribution in [0.3, 0.4) is 0 Å². The first-order valence-electron chi connectivity index (χ1n) is 8.57. The molecule has 0 saturated carbocycles. The summed E-state index contributed by atoms with van der Waals surface area (Å²) in [4.78, 5) is 12.3. The van der Waals surface area contributed by atoms with Crippen LogP contribution in [-0.4, -0.2) is 70.4 Å². The number of ether oxygens (including phenoxy) is 4. The van der Waals surface area contributed by atoms with Crippen LogP contribution < -0.4 is 5.32 Å². The minimum atomic E-state index is -1.18. The number of rotatable bonds is 3. The third-order valence-electron chi connectivity index (χ3n) is 4.28. The lowest BCUT2D eigenvalue weighted by Gasteiger charge is -2.32. The molecule has 8 nitrogen and oxygen atoms in total. The van der Waals surface area contributed by atoms with E-state index in [1.807, 2.05) is 0 Å². The van der Waals surface area contributed by atoms with Crippen molar-refractivity contribution in [2.45, 2.75) is 95.9 Å². The van der Waals surface area contributed by atoms with Gasteiger partial charge in [0.05, 0.1) is 18.2 Å². The Balaban J connectivity index is 2.20. The molecule has 1 unspecified atom stereocenters. The molecule has 0 aliphatic carbocycles. The van der Waals surface area contributed by atoms with Crippen molar-refractivity contribution in [3.05, 3.63) is 0 Å². The molecule has 0 aromatic heterocycles. The van der Waals surface area contributed by atoms with Crippen LogP contribution in [0.15, 0.2) is 0 Å². The van der Waals surface area contributed by atoms with Gasteiger partial charge in [-0.1, -0.05) is 0 Å². The first kappa shape index (κ1) is 20.4. The zero-order valence-electron chi connectivity index (χ0n) is 16.0. The van der Waals surface area contributed by atoms with Crippen LogP contribution in [0.1, 0.15) is 48.5 Å². The summed E-state index contributed by atoms with van der Waals surface area (Å²) in [6, 6.07) is -0.747. The molecule has 2 saturated heterocycles. The highest BCUT2D eigenvalue weighted by atomic mass is 16.7. The summed E-state index contributed by atoms with van der Waals surface area (Å²) in [5.41, 5.74) is -1.62. The second kappa shape index (κ2) is 6.66. The Morgan fingerprint density at radius 2 is 1.80 bits per heavy atom. The number of aliphatic hydroxyl groups excluding tert-OH is 2. The maximum absolute atomic E-state index is 12.3. The van der Waals surface area contributed by atoms with E-state index in [2.05, 4.69) is 5.32 Å². The number of nitrogens with one attached hydrogen (secondary N) is 1. The van der Waals surface area contributed by atoms with Crippen LogP contribution in [0.5, 0.6) is 0 Å². The van der Waals surface area contributed by atoms with Crippen LogP contribution in [0.2, 0.25) is 0 Å². The molecule has 1 amide bonds. The van der Waals surface area contributed by atoms with Crippen LogP contribution in [0.25, 0.3) is 0 Å². The maximum Gasteiger partial charge on any atom is 0.408 e. The van der Waals surface area contributed by atoms with Gasteiger partial charge < -0.3 is 34.5 Å². The maximum atomic E-state index is 12.3. The molecular formula is C17H31NO7. The van der Waals surface area contributed by atoms with Crippen molar-refractivity contribution in [1.29, 1.82) is 0 Å². The molecule has 25 heavy (non-hydrogen) atoms. The van der Waals surface area contributed by atoms with Gasteiger partial charge in [-0.2, -0.15) is 0 Å². The highest BCUT2D eigenvalue weighted by molar-refractivity contribution is 5.68. The van der Waals surface area contributed by atoms with Crippen molar-refractivity contribution in [2.24, 2.45) is 0 Å². The Morgan fingerprint density at radius 1 is 1.20 bits per heavy atom. The second-order valence-electron chi connectivity index (χ2n) is 8.66. The van der Waals surface area contributed by atoms with E-state index >= 15 is 0 Å². The van der Waals surface area contributed by atoms with Gasteiger partial charge in [-0.15, -0.1) is 0 Å². The smallest absolute Gasteiger partial charge is 0.408 e. The molecule has 2 aliphatic rings. The Labute approximate surface area is 148 Å². The summed E-state index contributed by atoms with van der Waals surface area (Å²) in [5.74, 6) is -0.809. The van der Waals surface area contributed by atoms with E-state index in [0.29, 0.717) is 0 Å². The van der Waals surface area contributed by atoms with E-state index in [0.717, 1.165) is 0 Å². The largest absolute Gasteiger partial charge is 0.444 e. The van der Waals surface area contributed by atoms with Crippen molar-refractivity contribution in [2.75, 3.05) is 6.61 Å². The first-order chi connectivity index (χ1) is 11.2. The molecule has 0 aromatic rings. The van der Waals surface area contributed by atoms with Gasteiger partial charge in [0.2, 0.25) is 0 Å². The second-order valence-corrected chi connectivity index (χ2v) is 8.66. The van der Waals surface area contributed by atoms with Gasteiger partial charge in [-0.25, -0.2) is 4.79 Å². The standard InChI is InChI=1S/C17H31NO7/c1-15(2,3)25-14(21)18-10(9-8-22-17(6,7)23-9)12-11(19)13(20)16(4,5)24-12/h9-13,19-20H,8H2,1-7H3,(H,18,21)/t9-,10?,11-,12+,13+/m1/s1. The average molecular weight is 361 g/mol. The molecule has 2 heterocycles. The normalized spacial score (nSPS) is 35.4. The van der Waals surface area contributed by atoms with Crippen molar-refractivity contribution in [3.8, 4) is 0 Å². The predicted octanol–water partition coefficient (Wildman–Crippen LogP) is 0.930. The monoisotopic (exact) mass is 361 g/mol. The van der Waals surface area contributed by atoms with Gasteiger partial charge >= 0.3 is 6.09 Å². The van der Waals surface area contributed by atoms with Crippen molar-refractivity contribution < 1.29 is 34.0 Å². The summed E-state index contributed by atoms with van der Waals surface area (Å²) in [6.07, 6.45) is -4.33. The fraction of sp³-hybridized carbons (Fsp3) is 0.941. The third kappa shape index (κ3) is 4.83. The number of amides is 1. The number of carbonyl (C=O) groups is 1. The van der Waals surface area contributed by atoms with Gasteiger partial charge in [0.15, 0.2) is 5.79 Å². The fourth-order valence-corrected chi connectivity index (χ4v) is 3.09. The predicted molar refractivity (Wildman–Crippen MR) is 89.0 cm³/mol. The molecular weight excluding hydrogens is 330 g/mol. The Kier molecular flexibility index (Phi) is 5.43. The lowest BCUT2D eigenvalue weighted by molar-refractivity contribution is -0.151. The number of carbonyl (C=O) groups excluding carboxylic acids is 1. The highest BCUT2D eigenvalue weighted by Crippen LogP contribution is 2.35. The minimum absolute atomic E-state index is 0.219. The zero-order chi connectivity index (χ0) is 19.2. The molecule has 0 spiro atoms. The minimum Gasteiger partial charge on any atom is -0.444 e. The van der Waals surface area contributed by atoms with Gasteiger partial charge in [-0.05, 0) is 48.5 Å². The highest BCUT2D eigenvalue weighted by Gasteiger charge is 2.54. The summed E-state index contributed by atoms with van der Waals surface area (Å²) >= 11 is 0. The molecule has 2 aliphatic heterocycles. The fourth-order valence-electron chi connectivity index (χ4n) is 3.09. The van der Waals surface area contributed by atoms with E-state index in [1.165, 1.54) is 0 Å². The van der Waals surface area contributed by atoms with E-state index in [9.17, 15) is 15.0 Å². The molecule has 3 N–H and O–H groups in total. The topological polar surface area (TPSA) is 106 Å². The van der Waals surface area contributed by atoms with Crippen molar-refractivity contribution in [1.82, 2.24) is 5.32 Å². The lowest BCUT2D eigenvalue weighted by atomic mass is 9.94. The first-order valence-corrected chi connectivity index (χ1v) is 8.57. The van der Waals surface area contributed by atoms with Gasteiger partial charge in [-0.3, -0.25) is 0 Å². The van der Waals surface area contributed by atoms with Gasteiger partial charge in [0.25, 0.3) is 0 Å². The molecule has 0 radical (unpaired) electrons. The Bertz CT molecular complexity index is 500. The van der Waals surface area contributed by atoms with E-state index in [1.54, 1.807) is 48.5 Å². The average Bonchev–Trinajstić information content (AvgIpc) is 2.87. The van der Waals surface area contributed by atoms with Crippen LogP contribution >= 0.6 is 0 Å². The SMILES string of the molecule is CC(C)(C)OC(=O)NC([C@H]1COC(C)(C)O1)[C@@H]1OC(C)(C)[C@@H](O)[C@@H]1O. The number of aliphatic hydroxyl groups is 2. The van der Waals surface area contributed by atoms with Crippen LogP contribution in [0, 0.1) is 0 Å². The summed E-state index contributed by atoms with van der Waals surface area (Å²) < 4.78 is 22.6. The molecule has 5 atom stereocenters. The Morgan fingerprint density at radius 3 is 2.20 bits per heavy atom. The summed E-state index contributed by atoms with van der Waals surface area (Å²) in [7, 11) is 0. The van der Waals surface area contributed by atoms with E-state index in [-0.39, 0.29) is 6.61 Å².